The summed E-state index contributed by atoms with van der Waals surface area (Å²) < 4.78 is 7.14. The van der Waals surface area contributed by atoms with Crippen LogP contribution in [0, 0.1) is 13.8 Å². The molecule has 1 amide bonds. The van der Waals surface area contributed by atoms with Gasteiger partial charge in [-0.3, -0.25) is 9.36 Å². The van der Waals surface area contributed by atoms with E-state index < -0.39 is 0 Å². The lowest BCUT2D eigenvalue weighted by Crippen LogP contribution is -2.30. The fourth-order valence-corrected chi connectivity index (χ4v) is 4.66. The van der Waals surface area contributed by atoms with Crippen LogP contribution in [0.25, 0.3) is 0 Å². The minimum atomic E-state index is -0.288. The highest BCUT2D eigenvalue weighted by Crippen LogP contribution is 2.29. The first-order chi connectivity index (χ1) is 14.5. The van der Waals surface area contributed by atoms with Crippen LogP contribution >= 0.6 is 11.8 Å². The van der Waals surface area contributed by atoms with Crippen molar-refractivity contribution in [1.82, 2.24) is 9.55 Å². The van der Waals surface area contributed by atoms with Crippen LogP contribution in [0.5, 0.6) is 0 Å². The number of fused-ring (bicyclic) bond motifs is 1. The van der Waals surface area contributed by atoms with E-state index in [9.17, 15) is 9.59 Å². The number of carbonyl (C=O) groups is 1. The Labute approximate surface area is 179 Å². The van der Waals surface area contributed by atoms with Gasteiger partial charge >= 0.3 is 5.69 Å². The fourth-order valence-electron chi connectivity index (χ4n) is 3.78. The summed E-state index contributed by atoms with van der Waals surface area (Å²) in [5, 5.41) is 3.66. The molecular formula is C23H25N3O3S. The summed E-state index contributed by atoms with van der Waals surface area (Å²) in [5.41, 5.74) is 4.77. The van der Waals surface area contributed by atoms with Crippen LogP contribution in [0.1, 0.15) is 41.0 Å². The Hall–Kier alpha value is -2.80. The molecule has 1 aliphatic carbocycles. The average molecular weight is 424 g/mol. The van der Waals surface area contributed by atoms with Gasteiger partial charge in [-0.1, -0.05) is 23.9 Å². The number of thioether (sulfide) groups is 1. The molecule has 1 aliphatic rings. The van der Waals surface area contributed by atoms with E-state index in [0.717, 1.165) is 59.5 Å². The maximum Gasteiger partial charge on any atom is 0.349 e. The zero-order valence-corrected chi connectivity index (χ0v) is 18.1. The molecule has 0 radical (unpaired) electrons. The summed E-state index contributed by atoms with van der Waals surface area (Å²) in [7, 11) is 0. The van der Waals surface area contributed by atoms with Gasteiger partial charge in [0.2, 0.25) is 5.91 Å². The smallest absolute Gasteiger partial charge is 0.349 e. The standard InChI is InChI=1S/C23H25N3O3S/c1-15-9-10-16(2)19(12-15)24-21(27)14-30-22-18-7-3-4-8-20(18)26(23(28)25-22)13-17-6-5-11-29-17/h5-6,9-12H,3-4,7-8,13-14H2,1-2H3,(H,24,27). The normalized spacial score (nSPS) is 13.1. The van der Waals surface area contributed by atoms with Crippen LogP contribution in [0.2, 0.25) is 0 Å². The second-order valence-electron chi connectivity index (χ2n) is 7.65. The minimum absolute atomic E-state index is 0.0974. The maximum atomic E-state index is 12.8. The number of aromatic nitrogens is 2. The summed E-state index contributed by atoms with van der Waals surface area (Å²) in [6.45, 7) is 4.36. The maximum absolute atomic E-state index is 12.8. The molecule has 30 heavy (non-hydrogen) atoms. The van der Waals surface area contributed by atoms with E-state index in [1.165, 1.54) is 11.8 Å². The first-order valence-electron chi connectivity index (χ1n) is 10.2. The topological polar surface area (TPSA) is 77.1 Å². The summed E-state index contributed by atoms with van der Waals surface area (Å²) >= 11 is 1.34. The predicted octanol–water partition coefficient (Wildman–Crippen LogP) is 4.11. The lowest BCUT2D eigenvalue weighted by Gasteiger charge is -2.22. The van der Waals surface area contributed by atoms with Crippen molar-refractivity contribution in [1.29, 1.82) is 0 Å². The van der Waals surface area contributed by atoms with E-state index in [1.54, 1.807) is 10.8 Å². The van der Waals surface area contributed by atoms with Crippen molar-refractivity contribution < 1.29 is 9.21 Å². The number of aryl methyl sites for hydroxylation is 2. The van der Waals surface area contributed by atoms with Crippen molar-refractivity contribution in [3.63, 3.8) is 0 Å². The molecule has 4 rings (SSSR count). The van der Waals surface area contributed by atoms with Crippen molar-refractivity contribution in [3.8, 4) is 0 Å². The van der Waals surface area contributed by atoms with Gasteiger partial charge in [0.15, 0.2) is 0 Å². The molecule has 0 bridgehead atoms. The van der Waals surface area contributed by atoms with Crippen LogP contribution in [0.3, 0.4) is 0 Å². The number of furan rings is 1. The monoisotopic (exact) mass is 423 g/mol. The van der Waals surface area contributed by atoms with Gasteiger partial charge in [0.05, 0.1) is 18.6 Å². The summed E-state index contributed by atoms with van der Waals surface area (Å²) in [6, 6.07) is 9.66. The van der Waals surface area contributed by atoms with Crippen molar-refractivity contribution in [2.75, 3.05) is 11.1 Å². The SMILES string of the molecule is Cc1ccc(C)c(NC(=O)CSc2nc(=O)n(Cc3ccco3)c3c2CCCC3)c1. The molecule has 1 aromatic carbocycles. The number of carbonyl (C=O) groups excluding carboxylic acids is 1. The Morgan fingerprint density at radius 3 is 2.87 bits per heavy atom. The highest BCUT2D eigenvalue weighted by atomic mass is 32.2. The third kappa shape index (κ3) is 4.51. The van der Waals surface area contributed by atoms with Gasteiger partial charge in [-0.25, -0.2) is 4.79 Å². The Bertz CT molecular complexity index is 1120. The quantitative estimate of drug-likeness (QED) is 0.477. The van der Waals surface area contributed by atoms with E-state index in [2.05, 4.69) is 10.3 Å². The van der Waals surface area contributed by atoms with Crippen LogP contribution in [-0.4, -0.2) is 21.2 Å². The van der Waals surface area contributed by atoms with E-state index in [-0.39, 0.29) is 17.3 Å². The number of benzene rings is 1. The van der Waals surface area contributed by atoms with E-state index in [0.29, 0.717) is 11.6 Å². The fraction of sp³-hybridized carbons (Fsp3) is 0.348. The second kappa shape index (κ2) is 8.92. The first kappa shape index (κ1) is 20.5. The molecule has 0 aliphatic heterocycles. The van der Waals surface area contributed by atoms with Gasteiger partial charge in [-0.05, 0) is 68.9 Å². The van der Waals surface area contributed by atoms with Crippen molar-refractivity contribution >= 4 is 23.4 Å². The summed E-state index contributed by atoms with van der Waals surface area (Å²) in [4.78, 5) is 29.6. The number of hydrogen-bond donors (Lipinski definition) is 1. The molecule has 0 atom stereocenters. The van der Waals surface area contributed by atoms with Gasteiger partial charge in [0.1, 0.15) is 10.8 Å². The molecule has 0 saturated carbocycles. The number of hydrogen-bond acceptors (Lipinski definition) is 5. The highest BCUT2D eigenvalue weighted by molar-refractivity contribution is 8.00. The van der Waals surface area contributed by atoms with Crippen LogP contribution in [0.15, 0.2) is 50.8 Å². The number of anilines is 1. The summed E-state index contributed by atoms with van der Waals surface area (Å²) in [5.74, 6) is 0.855. The molecule has 2 aromatic heterocycles. The Kier molecular flexibility index (Phi) is 6.08. The third-order valence-corrected chi connectivity index (χ3v) is 6.37. The van der Waals surface area contributed by atoms with Crippen LogP contribution < -0.4 is 11.0 Å². The molecule has 156 valence electrons. The van der Waals surface area contributed by atoms with E-state index in [4.69, 9.17) is 4.42 Å². The zero-order valence-electron chi connectivity index (χ0n) is 17.2. The highest BCUT2D eigenvalue weighted by Gasteiger charge is 2.21. The van der Waals surface area contributed by atoms with E-state index >= 15 is 0 Å². The van der Waals surface area contributed by atoms with Crippen molar-refractivity contribution in [2.45, 2.75) is 51.1 Å². The first-order valence-corrected chi connectivity index (χ1v) is 11.1. The molecule has 6 nitrogen and oxygen atoms in total. The zero-order chi connectivity index (χ0) is 21.1. The molecule has 3 aromatic rings. The molecular weight excluding hydrogens is 398 g/mol. The molecule has 1 N–H and O–H groups in total. The predicted molar refractivity (Wildman–Crippen MR) is 118 cm³/mol. The number of nitrogens with one attached hydrogen (secondary N) is 1. The number of amides is 1. The van der Waals surface area contributed by atoms with Crippen LogP contribution in [0.4, 0.5) is 5.69 Å². The molecule has 0 spiro atoms. The van der Waals surface area contributed by atoms with Crippen molar-refractivity contribution in [3.05, 3.63) is 75.2 Å². The largest absolute Gasteiger partial charge is 0.467 e. The van der Waals surface area contributed by atoms with Crippen LogP contribution in [-0.2, 0) is 24.2 Å². The van der Waals surface area contributed by atoms with Gasteiger partial charge < -0.3 is 9.73 Å². The molecule has 2 heterocycles. The average Bonchev–Trinajstić information content (AvgIpc) is 3.25. The lowest BCUT2D eigenvalue weighted by atomic mass is 9.97. The third-order valence-electron chi connectivity index (χ3n) is 5.35. The minimum Gasteiger partial charge on any atom is -0.467 e. The molecule has 7 heteroatoms. The molecule has 0 fully saturated rings. The van der Waals surface area contributed by atoms with E-state index in [1.807, 2.05) is 44.2 Å². The van der Waals surface area contributed by atoms with Gasteiger partial charge in [-0.15, -0.1) is 0 Å². The van der Waals surface area contributed by atoms with Gasteiger partial charge in [0, 0.05) is 16.9 Å². The summed E-state index contributed by atoms with van der Waals surface area (Å²) in [6.07, 6.45) is 5.44. The Morgan fingerprint density at radius 1 is 1.23 bits per heavy atom. The Balaban J connectivity index is 1.53. The number of nitrogens with zero attached hydrogens (tertiary/aromatic N) is 2. The van der Waals surface area contributed by atoms with Crippen molar-refractivity contribution in [2.24, 2.45) is 0 Å². The second-order valence-corrected chi connectivity index (χ2v) is 8.62. The lowest BCUT2D eigenvalue weighted by molar-refractivity contribution is -0.113. The molecule has 0 saturated heterocycles. The molecule has 0 unspecified atom stereocenters. The number of rotatable bonds is 6. The Morgan fingerprint density at radius 2 is 2.07 bits per heavy atom. The van der Waals surface area contributed by atoms with Gasteiger partial charge in [0.25, 0.3) is 0 Å². The van der Waals surface area contributed by atoms with Gasteiger partial charge in [-0.2, -0.15) is 4.98 Å².